The lowest BCUT2D eigenvalue weighted by molar-refractivity contribution is -0.144. The SMILES string of the molecule is Cc1ccc(-n2nc(C(C)(C)C)cc2CC(=O)Cc2ncc(CCc3ccnc(CC(=O)OCc4ccccc4)c3)s2)cc1. The number of nitrogens with zero attached hydrogens (tertiary/aromatic N) is 4. The number of hydrogen-bond donors (Lipinski definition) is 0. The van der Waals surface area contributed by atoms with E-state index in [9.17, 15) is 9.59 Å². The normalized spacial score (nSPS) is 11.5. The Kier molecular flexibility index (Phi) is 9.80. The Morgan fingerprint density at radius 3 is 2.39 bits per heavy atom. The first-order valence-corrected chi connectivity index (χ1v) is 15.7. The van der Waals surface area contributed by atoms with Crippen molar-refractivity contribution in [2.24, 2.45) is 0 Å². The Bertz CT molecular complexity index is 1720. The summed E-state index contributed by atoms with van der Waals surface area (Å²) < 4.78 is 7.30. The molecule has 226 valence electrons. The Hall–Kier alpha value is -4.43. The van der Waals surface area contributed by atoms with Gasteiger partial charge in [-0.1, -0.05) is 68.8 Å². The average molecular weight is 607 g/mol. The van der Waals surface area contributed by atoms with Crippen LogP contribution in [0.3, 0.4) is 0 Å². The lowest BCUT2D eigenvalue weighted by Gasteiger charge is -2.14. The molecule has 5 aromatic rings. The van der Waals surface area contributed by atoms with Crippen molar-refractivity contribution in [3.05, 3.63) is 129 Å². The molecule has 8 heteroatoms. The molecule has 0 atom stereocenters. The van der Waals surface area contributed by atoms with Crippen LogP contribution < -0.4 is 0 Å². The van der Waals surface area contributed by atoms with Gasteiger partial charge in [0.15, 0.2) is 0 Å². The zero-order valence-electron chi connectivity index (χ0n) is 25.7. The van der Waals surface area contributed by atoms with Crippen molar-refractivity contribution < 1.29 is 14.3 Å². The van der Waals surface area contributed by atoms with Gasteiger partial charge in [-0.3, -0.25) is 14.6 Å². The summed E-state index contributed by atoms with van der Waals surface area (Å²) in [7, 11) is 0. The average Bonchev–Trinajstić information content (AvgIpc) is 3.63. The predicted molar refractivity (Wildman–Crippen MR) is 173 cm³/mol. The largest absolute Gasteiger partial charge is 0.461 e. The topological polar surface area (TPSA) is 87.0 Å². The molecule has 0 N–H and O–H groups in total. The molecule has 0 aliphatic heterocycles. The first-order chi connectivity index (χ1) is 21.1. The molecule has 0 radical (unpaired) electrons. The highest BCUT2D eigenvalue weighted by Gasteiger charge is 2.22. The molecule has 0 aliphatic rings. The number of benzene rings is 2. The standard InChI is InChI=1S/C36H38N4O3S/c1-25-10-13-29(14-11-25)40-30(21-33(39-40)36(2,3)4)20-31(41)22-34-38-23-32(44-34)15-12-26-16-17-37-28(18-26)19-35(42)43-24-27-8-6-5-7-9-27/h5-11,13-14,16-18,21,23H,12,15,19-20,22,24H2,1-4H3. The summed E-state index contributed by atoms with van der Waals surface area (Å²) in [5, 5.41) is 5.68. The van der Waals surface area contributed by atoms with Crippen LogP contribution in [0.4, 0.5) is 0 Å². The summed E-state index contributed by atoms with van der Waals surface area (Å²) in [6, 6.07) is 23.8. The second-order valence-electron chi connectivity index (χ2n) is 12.1. The van der Waals surface area contributed by atoms with Gasteiger partial charge in [-0.2, -0.15) is 5.10 Å². The fraction of sp³-hybridized carbons (Fsp3) is 0.306. The molecule has 0 fully saturated rings. The van der Waals surface area contributed by atoms with Crippen LogP contribution in [-0.2, 0) is 58.5 Å². The number of Topliss-reactive ketones (excluding diaryl/α,β-unsaturated/α-hetero) is 1. The Labute approximate surface area is 263 Å². The number of thiazole rings is 1. The first kappa shape index (κ1) is 31.0. The van der Waals surface area contributed by atoms with Crippen molar-refractivity contribution in [3.8, 4) is 5.69 Å². The van der Waals surface area contributed by atoms with E-state index in [-0.39, 0.29) is 30.2 Å². The summed E-state index contributed by atoms with van der Waals surface area (Å²) >= 11 is 1.58. The number of hydrogen-bond acceptors (Lipinski definition) is 7. The third kappa shape index (κ3) is 8.57. The van der Waals surface area contributed by atoms with Gasteiger partial charge in [-0.05, 0) is 61.2 Å². The Morgan fingerprint density at radius 1 is 0.864 bits per heavy atom. The van der Waals surface area contributed by atoms with E-state index in [2.05, 4.69) is 55.9 Å². The van der Waals surface area contributed by atoms with Gasteiger partial charge >= 0.3 is 5.97 Å². The number of aryl methyl sites for hydroxylation is 3. The molecule has 3 aromatic heterocycles. The van der Waals surface area contributed by atoms with Crippen LogP contribution in [-0.4, -0.2) is 31.5 Å². The third-order valence-corrected chi connectivity index (χ3v) is 8.32. The predicted octanol–water partition coefficient (Wildman–Crippen LogP) is 6.76. The summed E-state index contributed by atoms with van der Waals surface area (Å²) in [4.78, 5) is 35.5. The maximum absolute atomic E-state index is 13.2. The maximum atomic E-state index is 13.2. The van der Waals surface area contributed by atoms with Crippen LogP contribution >= 0.6 is 11.3 Å². The minimum Gasteiger partial charge on any atom is -0.461 e. The number of rotatable bonds is 12. The molecule has 0 unspecified atom stereocenters. The van der Waals surface area contributed by atoms with Gasteiger partial charge in [-0.15, -0.1) is 11.3 Å². The van der Waals surface area contributed by atoms with Crippen molar-refractivity contribution in [1.82, 2.24) is 19.7 Å². The van der Waals surface area contributed by atoms with Crippen LogP contribution in [0.25, 0.3) is 5.69 Å². The zero-order valence-corrected chi connectivity index (χ0v) is 26.6. The number of carbonyl (C=O) groups excluding carboxylic acids is 2. The number of aromatic nitrogens is 4. The highest BCUT2D eigenvalue weighted by Crippen LogP contribution is 2.25. The number of carbonyl (C=O) groups is 2. The monoisotopic (exact) mass is 606 g/mol. The molecule has 0 amide bonds. The molecule has 0 aliphatic carbocycles. The fourth-order valence-electron chi connectivity index (χ4n) is 4.79. The summed E-state index contributed by atoms with van der Waals surface area (Å²) in [6.45, 7) is 8.70. The van der Waals surface area contributed by atoms with Crippen molar-refractivity contribution in [3.63, 3.8) is 0 Å². The van der Waals surface area contributed by atoms with Crippen LogP contribution in [0.15, 0.2) is 85.2 Å². The van der Waals surface area contributed by atoms with Gasteiger partial charge in [-0.25, -0.2) is 9.67 Å². The molecular formula is C36H38N4O3S. The highest BCUT2D eigenvalue weighted by molar-refractivity contribution is 7.11. The van der Waals surface area contributed by atoms with Gasteiger partial charge in [0.05, 0.1) is 35.6 Å². The third-order valence-electron chi connectivity index (χ3n) is 7.27. The highest BCUT2D eigenvalue weighted by atomic mass is 32.1. The number of esters is 1. The maximum Gasteiger partial charge on any atom is 0.312 e. The molecule has 7 nitrogen and oxygen atoms in total. The minimum atomic E-state index is -0.299. The quantitative estimate of drug-likeness (QED) is 0.146. The van der Waals surface area contributed by atoms with E-state index in [4.69, 9.17) is 9.84 Å². The van der Waals surface area contributed by atoms with E-state index in [1.54, 1.807) is 17.5 Å². The second kappa shape index (κ2) is 13.9. The van der Waals surface area contributed by atoms with Gasteiger partial charge in [0.25, 0.3) is 0 Å². The van der Waals surface area contributed by atoms with Gasteiger partial charge in [0.2, 0.25) is 0 Å². The van der Waals surface area contributed by atoms with E-state index in [0.29, 0.717) is 18.5 Å². The van der Waals surface area contributed by atoms with Crippen LogP contribution in [0, 0.1) is 6.92 Å². The van der Waals surface area contributed by atoms with Gasteiger partial charge in [0.1, 0.15) is 17.4 Å². The van der Waals surface area contributed by atoms with E-state index in [0.717, 1.165) is 50.9 Å². The molecule has 0 bridgehead atoms. The molecule has 5 rings (SSSR count). The molecule has 0 spiro atoms. The van der Waals surface area contributed by atoms with Crippen LogP contribution in [0.5, 0.6) is 0 Å². The zero-order chi connectivity index (χ0) is 31.1. The van der Waals surface area contributed by atoms with E-state index in [1.165, 1.54) is 5.56 Å². The molecule has 2 aromatic carbocycles. The number of pyridine rings is 1. The fourth-order valence-corrected chi connectivity index (χ4v) is 5.74. The Morgan fingerprint density at radius 2 is 1.64 bits per heavy atom. The van der Waals surface area contributed by atoms with Gasteiger partial charge in [0, 0.05) is 29.1 Å². The Balaban J connectivity index is 1.15. The van der Waals surface area contributed by atoms with E-state index in [1.807, 2.05) is 65.5 Å². The lowest BCUT2D eigenvalue weighted by atomic mass is 9.92. The van der Waals surface area contributed by atoms with Crippen LogP contribution in [0.2, 0.25) is 0 Å². The van der Waals surface area contributed by atoms with Crippen molar-refractivity contribution in [2.45, 2.75) is 71.8 Å². The molecule has 3 heterocycles. The summed E-state index contributed by atoms with van der Waals surface area (Å²) in [5.74, 6) is -0.190. The van der Waals surface area contributed by atoms with Crippen molar-refractivity contribution in [2.75, 3.05) is 0 Å². The van der Waals surface area contributed by atoms with E-state index < -0.39 is 0 Å². The number of ether oxygens (including phenoxy) is 1. The number of ketones is 1. The van der Waals surface area contributed by atoms with Crippen molar-refractivity contribution in [1.29, 1.82) is 0 Å². The van der Waals surface area contributed by atoms with E-state index >= 15 is 0 Å². The molecule has 0 saturated carbocycles. The summed E-state index contributed by atoms with van der Waals surface area (Å²) in [5.41, 5.74) is 6.59. The van der Waals surface area contributed by atoms with Crippen LogP contribution in [0.1, 0.15) is 64.4 Å². The molecule has 44 heavy (non-hydrogen) atoms. The first-order valence-electron chi connectivity index (χ1n) is 14.9. The van der Waals surface area contributed by atoms with Gasteiger partial charge < -0.3 is 4.74 Å². The summed E-state index contributed by atoms with van der Waals surface area (Å²) in [6.07, 6.45) is 5.90. The minimum absolute atomic E-state index is 0.109. The molecular weight excluding hydrogens is 568 g/mol. The smallest absolute Gasteiger partial charge is 0.312 e. The molecule has 0 saturated heterocycles. The van der Waals surface area contributed by atoms with Crippen molar-refractivity contribution >= 4 is 23.1 Å². The lowest BCUT2D eigenvalue weighted by Crippen LogP contribution is -2.13. The second-order valence-corrected chi connectivity index (χ2v) is 13.3.